The van der Waals surface area contributed by atoms with Gasteiger partial charge >= 0.3 is 6.09 Å². The van der Waals surface area contributed by atoms with Crippen molar-refractivity contribution in [1.82, 2.24) is 4.90 Å². The minimum Gasteiger partial charge on any atom is -0.444 e. The predicted octanol–water partition coefficient (Wildman–Crippen LogP) is 7.53. The predicted molar refractivity (Wildman–Crippen MR) is 126 cm³/mol. The van der Waals surface area contributed by atoms with Crippen LogP contribution in [-0.2, 0) is 9.16 Å². The van der Waals surface area contributed by atoms with E-state index in [1.54, 1.807) is 0 Å². The van der Waals surface area contributed by atoms with Crippen LogP contribution in [0.5, 0.6) is 0 Å². The molecule has 0 bridgehead atoms. The smallest absolute Gasteiger partial charge is 0.410 e. The number of ether oxygens (including phenoxy) is 1. The van der Waals surface area contributed by atoms with Crippen LogP contribution in [0.4, 0.5) is 4.79 Å². The van der Waals surface area contributed by atoms with Crippen molar-refractivity contribution in [3.8, 4) is 0 Å². The number of carbonyl (C=O) groups is 1. The molecule has 1 heterocycles. The zero-order valence-electron chi connectivity index (χ0n) is 20.9. The highest BCUT2D eigenvalue weighted by Crippen LogP contribution is 2.37. The molecule has 0 aromatic rings. The van der Waals surface area contributed by atoms with Gasteiger partial charge in [0.2, 0.25) is 0 Å². The molecule has 1 aliphatic rings. The van der Waals surface area contributed by atoms with Crippen molar-refractivity contribution in [1.29, 1.82) is 0 Å². The first kappa shape index (κ1) is 26.5. The van der Waals surface area contributed by atoms with E-state index in [4.69, 9.17) is 9.16 Å². The number of hydrogen-bond donors (Lipinski definition) is 0. The lowest BCUT2D eigenvalue weighted by molar-refractivity contribution is -0.00880. The molecular formula is C24H49NO3Si. The molecule has 1 rings (SSSR count). The maximum Gasteiger partial charge on any atom is 0.410 e. The van der Waals surface area contributed by atoms with Crippen LogP contribution >= 0.6 is 0 Å². The second-order valence-corrected chi connectivity index (χ2v) is 16.2. The quantitative estimate of drug-likeness (QED) is 0.282. The average Bonchev–Trinajstić information content (AvgIpc) is 2.56. The van der Waals surface area contributed by atoms with Crippen molar-refractivity contribution in [3.05, 3.63) is 0 Å². The first-order chi connectivity index (χ1) is 13.3. The molecule has 0 aliphatic carbocycles. The van der Waals surface area contributed by atoms with Gasteiger partial charge in [-0.2, -0.15) is 0 Å². The third-order valence-electron chi connectivity index (χ3n) is 6.56. The largest absolute Gasteiger partial charge is 0.444 e. The minimum absolute atomic E-state index is 0.110. The summed E-state index contributed by atoms with van der Waals surface area (Å²) >= 11 is 0. The van der Waals surface area contributed by atoms with Crippen molar-refractivity contribution < 1.29 is 14.0 Å². The van der Waals surface area contributed by atoms with E-state index < -0.39 is 13.9 Å². The highest BCUT2D eigenvalue weighted by molar-refractivity contribution is 6.74. The van der Waals surface area contributed by atoms with E-state index in [1.165, 1.54) is 19.3 Å². The molecule has 0 radical (unpaired) electrons. The maximum atomic E-state index is 13.0. The first-order valence-electron chi connectivity index (χ1n) is 11.9. The van der Waals surface area contributed by atoms with Gasteiger partial charge in [0, 0.05) is 18.7 Å². The summed E-state index contributed by atoms with van der Waals surface area (Å²) in [6.07, 6.45) is 10.0. The van der Waals surface area contributed by atoms with Gasteiger partial charge in [0.1, 0.15) is 5.60 Å². The van der Waals surface area contributed by atoms with E-state index >= 15 is 0 Å². The molecule has 5 heteroatoms. The van der Waals surface area contributed by atoms with E-state index in [9.17, 15) is 4.79 Å². The summed E-state index contributed by atoms with van der Waals surface area (Å²) in [5.74, 6) is 0. The second kappa shape index (κ2) is 11.2. The minimum atomic E-state index is -1.66. The molecular weight excluding hydrogens is 378 g/mol. The fourth-order valence-corrected chi connectivity index (χ4v) is 4.90. The molecule has 172 valence electrons. The Morgan fingerprint density at radius 1 is 0.966 bits per heavy atom. The fourth-order valence-electron chi connectivity index (χ4n) is 3.81. The number of likely N-dealkylation sites (tertiary alicyclic amines) is 1. The van der Waals surface area contributed by atoms with Gasteiger partial charge in [-0.15, -0.1) is 0 Å². The summed E-state index contributed by atoms with van der Waals surface area (Å²) in [5, 5.41) is 0.260. The van der Waals surface area contributed by atoms with Crippen LogP contribution in [0, 0.1) is 0 Å². The standard InChI is InChI=1S/C24H49NO3Si/c1-10-11-15-20-17-14-18-21(25(20)22(26)28-23(2,3)4)16-12-13-19-27-29(8,9)24(5,6)7/h20-21H,10-19H2,1-9H3/t20-,21-/m0/s1. The second-order valence-electron chi connectivity index (χ2n) is 11.4. The lowest BCUT2D eigenvalue weighted by Gasteiger charge is -2.43. The van der Waals surface area contributed by atoms with Crippen LogP contribution < -0.4 is 0 Å². The number of hydrogen-bond acceptors (Lipinski definition) is 3. The van der Waals surface area contributed by atoms with E-state index in [-0.39, 0.29) is 11.1 Å². The molecule has 0 aromatic carbocycles. The lowest BCUT2D eigenvalue weighted by Crippen LogP contribution is -2.51. The van der Waals surface area contributed by atoms with Crippen LogP contribution in [0.2, 0.25) is 18.1 Å². The summed E-state index contributed by atoms with van der Waals surface area (Å²) in [6.45, 7) is 20.4. The van der Waals surface area contributed by atoms with Gasteiger partial charge in [0.25, 0.3) is 0 Å². The van der Waals surface area contributed by atoms with Gasteiger partial charge in [-0.3, -0.25) is 0 Å². The number of piperidine rings is 1. The zero-order valence-corrected chi connectivity index (χ0v) is 21.9. The maximum absolute atomic E-state index is 13.0. The number of amides is 1. The van der Waals surface area contributed by atoms with E-state index in [0.29, 0.717) is 12.1 Å². The molecule has 2 atom stereocenters. The van der Waals surface area contributed by atoms with Gasteiger partial charge < -0.3 is 14.1 Å². The van der Waals surface area contributed by atoms with E-state index in [0.717, 1.165) is 45.1 Å². The molecule has 0 saturated carbocycles. The van der Waals surface area contributed by atoms with Gasteiger partial charge in [-0.1, -0.05) is 40.5 Å². The topological polar surface area (TPSA) is 38.8 Å². The third-order valence-corrected chi connectivity index (χ3v) is 11.1. The monoisotopic (exact) mass is 427 g/mol. The highest BCUT2D eigenvalue weighted by atomic mass is 28.4. The van der Waals surface area contributed by atoms with Crippen LogP contribution in [0.1, 0.15) is 106 Å². The zero-order chi connectivity index (χ0) is 22.3. The van der Waals surface area contributed by atoms with Crippen LogP contribution in [0.25, 0.3) is 0 Å². The Morgan fingerprint density at radius 2 is 1.52 bits per heavy atom. The Hall–Kier alpha value is -0.553. The number of carbonyl (C=O) groups excluding carboxylic acids is 1. The van der Waals surface area contributed by atoms with Gasteiger partial charge in [-0.05, 0) is 83.8 Å². The van der Waals surface area contributed by atoms with Crippen LogP contribution in [-0.4, -0.2) is 43.6 Å². The third kappa shape index (κ3) is 9.00. The molecule has 1 fully saturated rings. The fraction of sp³-hybridized carbons (Fsp3) is 0.958. The van der Waals surface area contributed by atoms with Gasteiger partial charge in [0.05, 0.1) is 0 Å². The van der Waals surface area contributed by atoms with Crippen molar-refractivity contribution in [3.63, 3.8) is 0 Å². The molecule has 29 heavy (non-hydrogen) atoms. The number of unbranched alkanes of at least 4 members (excludes halogenated alkanes) is 2. The number of nitrogens with zero attached hydrogens (tertiary/aromatic N) is 1. The molecule has 1 saturated heterocycles. The van der Waals surface area contributed by atoms with Gasteiger partial charge in [-0.25, -0.2) is 4.79 Å². The Bertz CT molecular complexity index is 493. The van der Waals surface area contributed by atoms with Crippen molar-refractivity contribution in [2.45, 2.75) is 142 Å². The molecule has 0 aromatic heterocycles. The van der Waals surface area contributed by atoms with Crippen LogP contribution in [0.15, 0.2) is 0 Å². The summed E-state index contributed by atoms with van der Waals surface area (Å²) in [7, 11) is -1.66. The lowest BCUT2D eigenvalue weighted by atomic mass is 9.90. The van der Waals surface area contributed by atoms with Crippen molar-refractivity contribution in [2.75, 3.05) is 6.61 Å². The normalized spacial score (nSPS) is 21.3. The van der Waals surface area contributed by atoms with Crippen molar-refractivity contribution >= 4 is 14.4 Å². The number of rotatable bonds is 9. The highest BCUT2D eigenvalue weighted by Gasteiger charge is 2.38. The summed E-state index contributed by atoms with van der Waals surface area (Å²) in [4.78, 5) is 15.1. The van der Waals surface area contributed by atoms with Crippen molar-refractivity contribution in [2.24, 2.45) is 0 Å². The summed E-state index contributed by atoms with van der Waals surface area (Å²) < 4.78 is 12.1. The molecule has 1 aliphatic heterocycles. The molecule has 0 spiro atoms. The molecule has 0 unspecified atom stereocenters. The Labute approximate surface area is 182 Å². The Kier molecular flexibility index (Phi) is 10.2. The molecule has 4 nitrogen and oxygen atoms in total. The first-order valence-corrected chi connectivity index (χ1v) is 14.8. The van der Waals surface area contributed by atoms with Crippen LogP contribution in [0.3, 0.4) is 0 Å². The SMILES string of the molecule is CCCC[C@H]1CCC[C@H](CCCCO[Si](C)(C)C(C)(C)C)N1C(=O)OC(C)(C)C. The molecule has 1 amide bonds. The van der Waals surface area contributed by atoms with E-state index in [1.807, 2.05) is 20.8 Å². The Balaban J connectivity index is 2.64. The summed E-state index contributed by atoms with van der Waals surface area (Å²) in [6, 6.07) is 0.653. The van der Waals surface area contributed by atoms with E-state index in [2.05, 4.69) is 45.7 Å². The Morgan fingerprint density at radius 3 is 2.00 bits per heavy atom. The average molecular weight is 428 g/mol. The summed E-state index contributed by atoms with van der Waals surface area (Å²) in [5.41, 5.74) is -0.439. The van der Waals surface area contributed by atoms with Gasteiger partial charge in [0.15, 0.2) is 8.32 Å². The molecule has 0 N–H and O–H groups in total.